The maximum Gasteiger partial charge on any atom is 0.156 e. The summed E-state index contributed by atoms with van der Waals surface area (Å²) in [7, 11) is 1.84. The van der Waals surface area contributed by atoms with Crippen molar-refractivity contribution in [3.05, 3.63) is 35.7 Å². The van der Waals surface area contributed by atoms with Crippen molar-refractivity contribution < 1.29 is 0 Å². The quantitative estimate of drug-likeness (QED) is 0.876. The average Bonchev–Trinajstić information content (AvgIpc) is 2.39. The lowest BCUT2D eigenvalue weighted by molar-refractivity contribution is 0.916. The van der Waals surface area contributed by atoms with E-state index in [0.29, 0.717) is 5.82 Å². The molecule has 0 atom stereocenters. The average molecular weight is 228 g/mol. The van der Waals surface area contributed by atoms with E-state index in [1.54, 1.807) is 0 Å². The van der Waals surface area contributed by atoms with Crippen LogP contribution < -0.4 is 5.32 Å². The number of hydrogen-bond donors (Lipinski definition) is 1. The molecule has 0 aliphatic carbocycles. The molecule has 1 heterocycles. The van der Waals surface area contributed by atoms with E-state index in [9.17, 15) is 0 Å². The number of benzene rings is 1. The Morgan fingerprint density at radius 2 is 1.82 bits per heavy atom. The van der Waals surface area contributed by atoms with Crippen LogP contribution in [0.5, 0.6) is 0 Å². The molecule has 1 aromatic carbocycles. The van der Waals surface area contributed by atoms with Gasteiger partial charge >= 0.3 is 0 Å². The van der Waals surface area contributed by atoms with E-state index in [1.165, 1.54) is 5.56 Å². The fourth-order valence-electron chi connectivity index (χ4n) is 1.67. The van der Waals surface area contributed by atoms with Crippen molar-refractivity contribution in [1.29, 1.82) is 0 Å². The third kappa shape index (κ3) is 2.41. The fourth-order valence-corrected chi connectivity index (χ4v) is 1.67. The molecule has 1 N–H and O–H groups in total. The van der Waals surface area contributed by atoms with Crippen LogP contribution in [0.4, 0.5) is 5.82 Å². The van der Waals surface area contributed by atoms with E-state index < -0.39 is 0 Å². The molecule has 0 spiro atoms. The maximum atomic E-state index is 4.33. The smallest absolute Gasteiger partial charge is 0.156 e. The van der Waals surface area contributed by atoms with Gasteiger partial charge in [0.05, 0.1) is 0 Å². The normalized spacial score (nSPS) is 10.3. The lowest BCUT2D eigenvalue weighted by Gasteiger charge is -2.07. The SMILES string of the molecule is CCc1ccc(-c2nnc(C)nc2NC)cc1. The number of nitrogens with one attached hydrogen (secondary N) is 1. The van der Waals surface area contributed by atoms with E-state index in [4.69, 9.17) is 0 Å². The molecule has 0 fully saturated rings. The highest BCUT2D eigenvalue weighted by Crippen LogP contribution is 2.23. The van der Waals surface area contributed by atoms with Crippen molar-refractivity contribution in [3.63, 3.8) is 0 Å². The minimum absolute atomic E-state index is 0.670. The summed E-state index contributed by atoms with van der Waals surface area (Å²) in [5.41, 5.74) is 3.14. The second-order valence-electron chi connectivity index (χ2n) is 3.86. The molecule has 0 bridgehead atoms. The predicted octanol–water partition coefficient (Wildman–Crippen LogP) is 2.45. The minimum atomic E-state index is 0.670. The molecule has 0 aliphatic heterocycles. The monoisotopic (exact) mass is 228 g/mol. The van der Waals surface area contributed by atoms with Gasteiger partial charge in [-0.05, 0) is 18.9 Å². The van der Waals surface area contributed by atoms with Gasteiger partial charge < -0.3 is 5.32 Å². The van der Waals surface area contributed by atoms with E-state index in [0.717, 1.165) is 23.5 Å². The summed E-state index contributed by atoms with van der Waals surface area (Å²) < 4.78 is 0. The van der Waals surface area contributed by atoms with Crippen LogP contribution in [0.1, 0.15) is 18.3 Å². The van der Waals surface area contributed by atoms with Crippen LogP contribution in [-0.4, -0.2) is 22.2 Å². The zero-order valence-electron chi connectivity index (χ0n) is 10.4. The van der Waals surface area contributed by atoms with Gasteiger partial charge in [-0.3, -0.25) is 0 Å². The van der Waals surface area contributed by atoms with E-state index >= 15 is 0 Å². The van der Waals surface area contributed by atoms with Crippen LogP contribution in [0.25, 0.3) is 11.3 Å². The van der Waals surface area contributed by atoms with Crippen molar-refractivity contribution >= 4 is 5.82 Å². The third-order valence-electron chi connectivity index (χ3n) is 2.67. The van der Waals surface area contributed by atoms with Crippen molar-refractivity contribution in [2.24, 2.45) is 0 Å². The highest BCUT2D eigenvalue weighted by Gasteiger charge is 2.08. The van der Waals surface area contributed by atoms with Crippen LogP contribution in [0.2, 0.25) is 0 Å². The molecular weight excluding hydrogens is 212 g/mol. The second kappa shape index (κ2) is 4.91. The van der Waals surface area contributed by atoms with Gasteiger partial charge in [-0.15, -0.1) is 10.2 Å². The van der Waals surface area contributed by atoms with Gasteiger partial charge in [-0.2, -0.15) is 0 Å². The van der Waals surface area contributed by atoms with Crippen LogP contribution in [0, 0.1) is 6.92 Å². The van der Waals surface area contributed by atoms with Crippen LogP contribution in [-0.2, 0) is 6.42 Å². The second-order valence-corrected chi connectivity index (χ2v) is 3.86. The Morgan fingerprint density at radius 3 is 2.41 bits per heavy atom. The molecule has 0 amide bonds. The fraction of sp³-hybridized carbons (Fsp3) is 0.308. The Morgan fingerprint density at radius 1 is 1.12 bits per heavy atom. The van der Waals surface area contributed by atoms with Gasteiger partial charge in [-0.25, -0.2) is 4.98 Å². The third-order valence-corrected chi connectivity index (χ3v) is 2.67. The van der Waals surface area contributed by atoms with Crippen molar-refractivity contribution in [2.45, 2.75) is 20.3 Å². The number of hydrogen-bond acceptors (Lipinski definition) is 4. The molecule has 4 heteroatoms. The van der Waals surface area contributed by atoms with E-state index in [-0.39, 0.29) is 0 Å². The highest BCUT2D eigenvalue weighted by atomic mass is 15.2. The Kier molecular flexibility index (Phi) is 3.32. The van der Waals surface area contributed by atoms with E-state index in [1.807, 2.05) is 14.0 Å². The maximum absolute atomic E-state index is 4.33. The van der Waals surface area contributed by atoms with Crippen molar-refractivity contribution in [2.75, 3.05) is 12.4 Å². The van der Waals surface area contributed by atoms with Gasteiger partial charge in [0.15, 0.2) is 5.82 Å². The van der Waals surface area contributed by atoms with Gasteiger partial charge in [0.2, 0.25) is 0 Å². The highest BCUT2D eigenvalue weighted by molar-refractivity contribution is 5.70. The summed E-state index contributed by atoms with van der Waals surface area (Å²) in [6, 6.07) is 8.33. The molecule has 1 aromatic heterocycles. The van der Waals surface area contributed by atoms with Crippen LogP contribution in [0.15, 0.2) is 24.3 Å². The molecule has 0 aliphatic rings. The summed E-state index contributed by atoms with van der Waals surface area (Å²) in [4.78, 5) is 4.33. The van der Waals surface area contributed by atoms with Crippen LogP contribution >= 0.6 is 0 Å². The zero-order chi connectivity index (χ0) is 12.3. The first kappa shape index (κ1) is 11.5. The van der Waals surface area contributed by atoms with E-state index in [2.05, 4.69) is 51.7 Å². The van der Waals surface area contributed by atoms with Crippen molar-refractivity contribution in [1.82, 2.24) is 15.2 Å². The standard InChI is InChI=1S/C13H16N4/c1-4-10-5-7-11(8-6-10)12-13(14-3)15-9(2)16-17-12/h5-8H,4H2,1-3H3,(H,14,15,16). The molecular formula is C13H16N4. The molecule has 2 rings (SSSR count). The predicted molar refractivity (Wildman–Crippen MR) is 68.9 cm³/mol. The van der Waals surface area contributed by atoms with Gasteiger partial charge in [0, 0.05) is 12.6 Å². The molecule has 2 aromatic rings. The lowest BCUT2D eigenvalue weighted by atomic mass is 10.1. The topological polar surface area (TPSA) is 50.7 Å². The summed E-state index contributed by atoms with van der Waals surface area (Å²) in [6.07, 6.45) is 1.04. The number of rotatable bonds is 3. The van der Waals surface area contributed by atoms with Gasteiger partial charge in [-0.1, -0.05) is 31.2 Å². The molecule has 0 saturated heterocycles. The summed E-state index contributed by atoms with van der Waals surface area (Å²) in [5, 5.41) is 11.3. The number of nitrogens with zero attached hydrogens (tertiary/aromatic N) is 3. The summed E-state index contributed by atoms with van der Waals surface area (Å²) >= 11 is 0. The Balaban J connectivity index is 2.44. The number of anilines is 1. The summed E-state index contributed by atoms with van der Waals surface area (Å²) in [6.45, 7) is 3.97. The first-order valence-electron chi connectivity index (χ1n) is 5.73. The molecule has 0 saturated carbocycles. The van der Waals surface area contributed by atoms with Crippen LogP contribution in [0.3, 0.4) is 0 Å². The minimum Gasteiger partial charge on any atom is -0.371 e. The first-order valence-corrected chi connectivity index (χ1v) is 5.73. The molecule has 4 nitrogen and oxygen atoms in total. The molecule has 0 unspecified atom stereocenters. The van der Waals surface area contributed by atoms with Crippen molar-refractivity contribution in [3.8, 4) is 11.3 Å². The summed E-state index contributed by atoms with van der Waals surface area (Å²) in [5.74, 6) is 1.44. The largest absolute Gasteiger partial charge is 0.371 e. The Labute approximate surface area is 101 Å². The number of aromatic nitrogens is 3. The Bertz CT molecular complexity index is 505. The van der Waals surface area contributed by atoms with Gasteiger partial charge in [0.1, 0.15) is 11.5 Å². The number of aryl methyl sites for hydroxylation is 2. The molecule has 88 valence electrons. The molecule has 17 heavy (non-hydrogen) atoms. The molecule has 0 radical (unpaired) electrons. The first-order chi connectivity index (χ1) is 8.24. The lowest BCUT2D eigenvalue weighted by Crippen LogP contribution is -2.02. The zero-order valence-corrected chi connectivity index (χ0v) is 10.4. The Hall–Kier alpha value is -1.97. The van der Waals surface area contributed by atoms with Gasteiger partial charge in [0.25, 0.3) is 0 Å².